The highest BCUT2D eigenvalue weighted by Crippen LogP contribution is 2.49. The minimum atomic E-state index is -4.77. The summed E-state index contributed by atoms with van der Waals surface area (Å²) >= 11 is 0. The van der Waals surface area contributed by atoms with Gasteiger partial charge in [-0.2, -0.15) is 18.4 Å². The van der Waals surface area contributed by atoms with Gasteiger partial charge < -0.3 is 5.11 Å². The second-order valence-corrected chi connectivity index (χ2v) is 5.11. The summed E-state index contributed by atoms with van der Waals surface area (Å²) < 4.78 is 51.9. The second kappa shape index (κ2) is 5.06. The van der Waals surface area contributed by atoms with Gasteiger partial charge in [0.1, 0.15) is 5.82 Å². The fraction of sp³-hybridized carbons (Fsp3) is 0.500. The lowest BCUT2D eigenvalue weighted by Crippen LogP contribution is -2.26. The molecule has 1 aliphatic carbocycles. The molecular formula is C14H13F4NO. The second-order valence-electron chi connectivity index (χ2n) is 5.11. The van der Waals surface area contributed by atoms with Crippen LogP contribution >= 0.6 is 0 Å². The quantitative estimate of drug-likeness (QED) is 0.837. The number of aliphatic hydroxyl groups excluding tert-OH is 1. The number of aliphatic hydroxyl groups is 1. The molecule has 2 rings (SSSR count). The highest BCUT2D eigenvalue weighted by Gasteiger charge is 2.45. The molecule has 1 atom stereocenters. The largest absolute Gasteiger partial charge is 0.416 e. The van der Waals surface area contributed by atoms with Crippen molar-refractivity contribution >= 4 is 0 Å². The van der Waals surface area contributed by atoms with Crippen LogP contribution in [0.5, 0.6) is 0 Å². The molecule has 2 nitrogen and oxygen atoms in total. The molecule has 0 amide bonds. The summed E-state index contributed by atoms with van der Waals surface area (Å²) in [4.78, 5) is 0. The van der Waals surface area contributed by atoms with Crippen LogP contribution < -0.4 is 0 Å². The van der Waals surface area contributed by atoms with Gasteiger partial charge in [-0.3, -0.25) is 0 Å². The Hall–Kier alpha value is -1.61. The van der Waals surface area contributed by atoms with Crippen LogP contribution in [-0.4, -0.2) is 5.11 Å². The summed E-state index contributed by atoms with van der Waals surface area (Å²) in [6.07, 6.45) is -4.26. The average molecular weight is 287 g/mol. The summed E-state index contributed by atoms with van der Waals surface area (Å²) in [6.45, 7) is 0. The first-order valence-electron chi connectivity index (χ1n) is 6.26. The molecule has 0 aromatic heterocycles. The van der Waals surface area contributed by atoms with Gasteiger partial charge in [0.2, 0.25) is 0 Å². The van der Waals surface area contributed by atoms with Gasteiger partial charge in [0.25, 0.3) is 0 Å². The standard InChI is InChI=1S/C14H13F4NO/c15-9-3-4-10(11(7-9)14(16,17)18)12(20)13(8-19)5-1-2-6-13/h3-4,7,12,20H,1-2,5-6H2. The van der Waals surface area contributed by atoms with Crippen LogP contribution in [0, 0.1) is 22.6 Å². The van der Waals surface area contributed by atoms with Gasteiger partial charge >= 0.3 is 6.18 Å². The van der Waals surface area contributed by atoms with E-state index in [0.717, 1.165) is 12.1 Å². The van der Waals surface area contributed by atoms with Crippen molar-refractivity contribution in [3.8, 4) is 6.07 Å². The molecule has 0 bridgehead atoms. The van der Waals surface area contributed by atoms with E-state index < -0.39 is 34.6 Å². The molecule has 0 spiro atoms. The van der Waals surface area contributed by atoms with Crippen molar-refractivity contribution in [3.05, 3.63) is 35.1 Å². The third kappa shape index (κ3) is 2.50. The molecule has 1 fully saturated rings. The van der Waals surface area contributed by atoms with E-state index in [1.807, 2.05) is 6.07 Å². The van der Waals surface area contributed by atoms with Crippen molar-refractivity contribution in [2.75, 3.05) is 0 Å². The maximum absolute atomic E-state index is 13.0. The number of rotatable bonds is 2. The maximum Gasteiger partial charge on any atom is 0.416 e. The molecular weight excluding hydrogens is 274 g/mol. The Balaban J connectivity index is 2.50. The molecule has 0 heterocycles. The van der Waals surface area contributed by atoms with Gasteiger partial charge in [-0.25, -0.2) is 4.39 Å². The van der Waals surface area contributed by atoms with E-state index in [0.29, 0.717) is 31.7 Å². The number of alkyl halides is 3. The average Bonchev–Trinajstić information content (AvgIpc) is 2.87. The third-order valence-electron chi connectivity index (χ3n) is 3.86. The Kier molecular flexibility index (Phi) is 3.74. The number of halogens is 4. The number of hydrogen-bond donors (Lipinski definition) is 1. The highest BCUT2D eigenvalue weighted by molar-refractivity contribution is 5.35. The molecule has 1 aliphatic rings. The first-order chi connectivity index (χ1) is 9.30. The van der Waals surface area contributed by atoms with E-state index in [9.17, 15) is 27.9 Å². The Morgan fingerprint density at radius 1 is 1.25 bits per heavy atom. The molecule has 0 radical (unpaired) electrons. The van der Waals surface area contributed by atoms with E-state index in [1.165, 1.54) is 0 Å². The topological polar surface area (TPSA) is 44.0 Å². The third-order valence-corrected chi connectivity index (χ3v) is 3.86. The Morgan fingerprint density at radius 2 is 1.85 bits per heavy atom. The first-order valence-corrected chi connectivity index (χ1v) is 6.26. The fourth-order valence-electron chi connectivity index (χ4n) is 2.76. The van der Waals surface area contributed by atoms with Gasteiger partial charge in [-0.1, -0.05) is 18.9 Å². The lowest BCUT2D eigenvalue weighted by Gasteiger charge is -2.29. The summed E-state index contributed by atoms with van der Waals surface area (Å²) in [6, 6.07) is 4.10. The molecule has 1 N–H and O–H groups in total. The van der Waals surface area contributed by atoms with Crippen molar-refractivity contribution in [3.63, 3.8) is 0 Å². The van der Waals surface area contributed by atoms with Crippen LogP contribution in [0.25, 0.3) is 0 Å². The predicted octanol–water partition coefficient (Wildman–Crippen LogP) is 3.96. The predicted molar refractivity (Wildman–Crippen MR) is 62.9 cm³/mol. The first kappa shape index (κ1) is 14.8. The van der Waals surface area contributed by atoms with Crippen molar-refractivity contribution in [2.24, 2.45) is 5.41 Å². The lowest BCUT2D eigenvalue weighted by molar-refractivity contribution is -0.140. The van der Waals surface area contributed by atoms with Gasteiger partial charge in [0.15, 0.2) is 0 Å². The highest BCUT2D eigenvalue weighted by atomic mass is 19.4. The van der Waals surface area contributed by atoms with E-state index in [1.54, 1.807) is 0 Å². The Bertz CT molecular complexity index is 541. The van der Waals surface area contributed by atoms with Crippen molar-refractivity contribution in [2.45, 2.75) is 38.0 Å². The zero-order chi connectivity index (χ0) is 15.0. The molecule has 108 valence electrons. The zero-order valence-electron chi connectivity index (χ0n) is 10.5. The summed E-state index contributed by atoms with van der Waals surface area (Å²) in [5, 5.41) is 19.5. The van der Waals surface area contributed by atoms with Gasteiger partial charge in [0.05, 0.1) is 23.2 Å². The molecule has 6 heteroatoms. The zero-order valence-corrected chi connectivity index (χ0v) is 10.5. The number of hydrogen-bond acceptors (Lipinski definition) is 2. The minimum Gasteiger partial charge on any atom is -0.387 e. The van der Waals surface area contributed by atoms with Crippen LogP contribution in [0.15, 0.2) is 18.2 Å². The van der Waals surface area contributed by atoms with Gasteiger partial charge in [-0.15, -0.1) is 0 Å². The minimum absolute atomic E-state index is 0.347. The van der Waals surface area contributed by atoms with E-state index >= 15 is 0 Å². The Morgan fingerprint density at radius 3 is 2.35 bits per heavy atom. The molecule has 1 aromatic carbocycles. The molecule has 20 heavy (non-hydrogen) atoms. The Labute approximate surface area is 113 Å². The fourth-order valence-corrected chi connectivity index (χ4v) is 2.76. The smallest absolute Gasteiger partial charge is 0.387 e. The van der Waals surface area contributed by atoms with E-state index in [2.05, 4.69) is 0 Å². The van der Waals surface area contributed by atoms with Crippen LogP contribution in [0.1, 0.15) is 42.9 Å². The summed E-state index contributed by atoms with van der Waals surface area (Å²) in [7, 11) is 0. The van der Waals surface area contributed by atoms with Gasteiger partial charge in [0, 0.05) is 0 Å². The normalized spacial score (nSPS) is 19.6. The number of nitrogens with zero attached hydrogens (tertiary/aromatic N) is 1. The molecule has 0 aliphatic heterocycles. The molecule has 1 unspecified atom stereocenters. The van der Waals surface area contributed by atoms with Crippen molar-refractivity contribution < 1.29 is 22.7 Å². The van der Waals surface area contributed by atoms with E-state index in [4.69, 9.17) is 0 Å². The monoisotopic (exact) mass is 287 g/mol. The van der Waals surface area contributed by atoms with Crippen molar-refractivity contribution in [1.29, 1.82) is 5.26 Å². The van der Waals surface area contributed by atoms with Crippen LogP contribution in [-0.2, 0) is 6.18 Å². The summed E-state index contributed by atoms with van der Waals surface area (Å²) in [5.41, 5.74) is -2.86. The molecule has 0 saturated heterocycles. The lowest BCUT2D eigenvalue weighted by atomic mass is 9.77. The SMILES string of the molecule is N#CC1(C(O)c2ccc(F)cc2C(F)(F)F)CCCC1. The number of benzene rings is 1. The van der Waals surface area contributed by atoms with Crippen LogP contribution in [0.2, 0.25) is 0 Å². The summed E-state index contributed by atoms with van der Waals surface area (Å²) in [5.74, 6) is -1.02. The molecule has 1 aromatic rings. The van der Waals surface area contributed by atoms with Crippen molar-refractivity contribution in [1.82, 2.24) is 0 Å². The van der Waals surface area contributed by atoms with E-state index in [-0.39, 0.29) is 0 Å². The van der Waals surface area contributed by atoms with Crippen LogP contribution in [0.4, 0.5) is 17.6 Å². The maximum atomic E-state index is 13.0. The number of nitriles is 1. The van der Waals surface area contributed by atoms with Crippen LogP contribution in [0.3, 0.4) is 0 Å². The van der Waals surface area contributed by atoms with Gasteiger partial charge in [-0.05, 0) is 30.5 Å². The molecule has 1 saturated carbocycles.